The van der Waals surface area contributed by atoms with Crippen LogP contribution in [0.2, 0.25) is 0 Å². The van der Waals surface area contributed by atoms with Crippen LogP contribution in [0.5, 0.6) is 0 Å². The van der Waals surface area contributed by atoms with E-state index in [0.29, 0.717) is 19.3 Å². The molecule has 0 aliphatic rings. The molecule has 0 rings (SSSR count). The molecule has 0 aromatic carbocycles. The largest absolute Gasteiger partial charge is 0.462 e. The summed E-state index contributed by atoms with van der Waals surface area (Å²) < 4.78 is 16.8. The molecule has 0 amide bonds. The Morgan fingerprint density at radius 2 is 0.545 bits per heavy atom. The zero-order chi connectivity index (χ0) is 47.9. The van der Waals surface area contributed by atoms with E-state index in [2.05, 4.69) is 81.5 Å². The summed E-state index contributed by atoms with van der Waals surface area (Å²) in [5, 5.41) is 0. The molecule has 6 heteroatoms. The molecular weight excluding hydrogens is 817 g/mol. The number of hydrogen-bond donors (Lipinski definition) is 0. The number of carbonyl (C=O) groups excluding carboxylic acids is 3. The maximum Gasteiger partial charge on any atom is 0.306 e. The van der Waals surface area contributed by atoms with Gasteiger partial charge in [0.25, 0.3) is 0 Å². The van der Waals surface area contributed by atoms with E-state index in [1.54, 1.807) is 0 Å². The summed E-state index contributed by atoms with van der Waals surface area (Å²) in [5.74, 6) is -0.893. The third kappa shape index (κ3) is 52.1. The fraction of sp³-hybridized carbons (Fsp3) is 0.783. The van der Waals surface area contributed by atoms with Gasteiger partial charge in [0.1, 0.15) is 13.2 Å². The molecular formula is C60H106O6. The highest BCUT2D eigenvalue weighted by atomic mass is 16.6. The molecule has 0 bridgehead atoms. The number of esters is 3. The van der Waals surface area contributed by atoms with Gasteiger partial charge < -0.3 is 14.2 Å². The summed E-state index contributed by atoms with van der Waals surface area (Å²) in [4.78, 5) is 37.9. The third-order valence-electron chi connectivity index (χ3n) is 12.2. The second-order valence-corrected chi connectivity index (χ2v) is 18.8. The highest BCUT2D eigenvalue weighted by Gasteiger charge is 2.19. The Labute approximate surface area is 409 Å². The minimum absolute atomic E-state index is 0.0789. The van der Waals surface area contributed by atoms with Gasteiger partial charge in [-0.3, -0.25) is 14.4 Å². The summed E-state index contributed by atoms with van der Waals surface area (Å²) >= 11 is 0. The lowest BCUT2D eigenvalue weighted by Gasteiger charge is -2.18. The Morgan fingerprint density at radius 3 is 0.864 bits per heavy atom. The van der Waals surface area contributed by atoms with Crippen LogP contribution >= 0.6 is 0 Å². The van der Waals surface area contributed by atoms with E-state index in [9.17, 15) is 14.4 Å². The van der Waals surface area contributed by atoms with Gasteiger partial charge in [0.05, 0.1) is 0 Å². The van der Waals surface area contributed by atoms with Crippen molar-refractivity contribution in [2.45, 2.75) is 290 Å². The van der Waals surface area contributed by atoms with Gasteiger partial charge in [-0.2, -0.15) is 0 Å². The molecule has 66 heavy (non-hydrogen) atoms. The van der Waals surface area contributed by atoms with Crippen LogP contribution in [0.15, 0.2) is 60.8 Å². The van der Waals surface area contributed by atoms with Crippen LogP contribution in [0.4, 0.5) is 0 Å². The SMILES string of the molecule is CCCCCC/C=C\C/C=C\CCCCCCCCCC(=O)OC(COC(=O)CCCCCCCCC)COC(=O)CCCCCCCCCC/C=C\C/C=C\C/C=C\CCCCCCC. The van der Waals surface area contributed by atoms with Crippen molar-refractivity contribution in [3.8, 4) is 0 Å². The Bertz CT molecular complexity index is 1200. The van der Waals surface area contributed by atoms with Crippen LogP contribution in [-0.2, 0) is 28.6 Å². The monoisotopic (exact) mass is 923 g/mol. The van der Waals surface area contributed by atoms with Gasteiger partial charge in [-0.1, -0.05) is 236 Å². The summed E-state index contributed by atoms with van der Waals surface area (Å²) in [5.41, 5.74) is 0. The van der Waals surface area contributed by atoms with E-state index in [1.165, 1.54) is 154 Å². The topological polar surface area (TPSA) is 78.9 Å². The molecule has 382 valence electrons. The van der Waals surface area contributed by atoms with Crippen LogP contribution in [0.1, 0.15) is 284 Å². The standard InChI is InChI=1S/C60H106O6/c1-4-7-10-13-16-18-20-22-24-26-28-29-30-31-32-34-35-37-39-41-44-47-50-53-59(62)65-56-57(55-64-58(61)52-49-46-43-15-12-9-6-3)66-60(63)54-51-48-45-42-40-38-36-33-27-25-23-21-19-17-14-11-8-5-2/h19-22,25-28,30-31,57H,4-18,23-24,29,32-56H2,1-3H3/b21-19-,22-20-,27-25-,28-26-,31-30-. The first-order chi connectivity index (χ1) is 32.5. The highest BCUT2D eigenvalue weighted by Crippen LogP contribution is 2.15. The summed E-state index contributed by atoms with van der Waals surface area (Å²) in [6.07, 6.45) is 68.0. The summed E-state index contributed by atoms with van der Waals surface area (Å²) in [6.45, 7) is 6.57. The lowest BCUT2D eigenvalue weighted by molar-refractivity contribution is -0.167. The van der Waals surface area contributed by atoms with Crippen LogP contribution in [0.3, 0.4) is 0 Å². The smallest absolute Gasteiger partial charge is 0.306 e. The molecule has 0 spiro atoms. The lowest BCUT2D eigenvalue weighted by Crippen LogP contribution is -2.30. The van der Waals surface area contributed by atoms with Crippen LogP contribution in [0, 0.1) is 0 Å². The molecule has 0 heterocycles. The van der Waals surface area contributed by atoms with E-state index in [1.807, 2.05) is 0 Å². The average Bonchev–Trinajstić information content (AvgIpc) is 3.31. The normalized spacial score (nSPS) is 12.5. The van der Waals surface area contributed by atoms with Crippen molar-refractivity contribution >= 4 is 17.9 Å². The van der Waals surface area contributed by atoms with Gasteiger partial charge in [0.2, 0.25) is 0 Å². The molecule has 6 nitrogen and oxygen atoms in total. The first kappa shape index (κ1) is 63.1. The van der Waals surface area contributed by atoms with Gasteiger partial charge in [0.15, 0.2) is 6.10 Å². The molecule has 0 aromatic heterocycles. The highest BCUT2D eigenvalue weighted by molar-refractivity contribution is 5.71. The van der Waals surface area contributed by atoms with Gasteiger partial charge in [0, 0.05) is 19.3 Å². The molecule has 0 aromatic rings. The van der Waals surface area contributed by atoms with Crippen LogP contribution in [0.25, 0.3) is 0 Å². The second kappa shape index (κ2) is 54.7. The van der Waals surface area contributed by atoms with Crippen molar-refractivity contribution in [2.24, 2.45) is 0 Å². The maximum absolute atomic E-state index is 12.8. The second-order valence-electron chi connectivity index (χ2n) is 18.8. The zero-order valence-electron chi connectivity index (χ0n) is 43.7. The molecule has 0 saturated heterocycles. The van der Waals surface area contributed by atoms with Crippen molar-refractivity contribution in [2.75, 3.05) is 13.2 Å². The molecule has 1 atom stereocenters. The van der Waals surface area contributed by atoms with E-state index >= 15 is 0 Å². The Balaban J connectivity index is 4.22. The predicted molar refractivity (Wildman–Crippen MR) is 284 cm³/mol. The van der Waals surface area contributed by atoms with E-state index in [4.69, 9.17) is 14.2 Å². The van der Waals surface area contributed by atoms with Crippen LogP contribution in [-0.4, -0.2) is 37.2 Å². The van der Waals surface area contributed by atoms with E-state index in [-0.39, 0.29) is 31.1 Å². The third-order valence-corrected chi connectivity index (χ3v) is 12.2. The van der Waals surface area contributed by atoms with Gasteiger partial charge in [-0.25, -0.2) is 0 Å². The quantitative estimate of drug-likeness (QED) is 0.0262. The number of unbranched alkanes of at least 4 members (excludes halogenated alkanes) is 30. The van der Waals surface area contributed by atoms with Gasteiger partial charge >= 0.3 is 17.9 Å². The van der Waals surface area contributed by atoms with E-state index < -0.39 is 6.10 Å². The van der Waals surface area contributed by atoms with Crippen molar-refractivity contribution in [1.82, 2.24) is 0 Å². The summed E-state index contributed by atoms with van der Waals surface area (Å²) in [7, 11) is 0. The molecule has 0 aliphatic carbocycles. The van der Waals surface area contributed by atoms with Crippen molar-refractivity contribution in [3.63, 3.8) is 0 Å². The molecule has 0 aliphatic heterocycles. The molecule has 1 unspecified atom stereocenters. The molecule has 0 radical (unpaired) electrons. The predicted octanol–water partition coefficient (Wildman–Crippen LogP) is 18.8. The van der Waals surface area contributed by atoms with Gasteiger partial charge in [-0.05, 0) is 89.9 Å². The van der Waals surface area contributed by atoms with Crippen molar-refractivity contribution in [1.29, 1.82) is 0 Å². The minimum atomic E-state index is -0.778. The van der Waals surface area contributed by atoms with Gasteiger partial charge in [-0.15, -0.1) is 0 Å². The van der Waals surface area contributed by atoms with Crippen LogP contribution < -0.4 is 0 Å². The fourth-order valence-electron chi connectivity index (χ4n) is 7.95. The Hall–Kier alpha value is -2.89. The Kier molecular flexibility index (Phi) is 52.3. The van der Waals surface area contributed by atoms with Crippen molar-refractivity contribution in [3.05, 3.63) is 60.8 Å². The van der Waals surface area contributed by atoms with Crippen molar-refractivity contribution < 1.29 is 28.6 Å². The first-order valence-electron chi connectivity index (χ1n) is 28.3. The maximum atomic E-state index is 12.8. The van der Waals surface area contributed by atoms with E-state index in [0.717, 1.165) is 89.9 Å². The number of hydrogen-bond acceptors (Lipinski definition) is 6. The summed E-state index contributed by atoms with van der Waals surface area (Å²) in [6, 6.07) is 0. The average molecular weight is 924 g/mol. The fourth-order valence-corrected chi connectivity index (χ4v) is 7.95. The molecule has 0 fully saturated rings. The molecule has 0 N–H and O–H groups in total. The zero-order valence-corrected chi connectivity index (χ0v) is 43.7. The number of carbonyl (C=O) groups is 3. The molecule has 0 saturated carbocycles. The minimum Gasteiger partial charge on any atom is -0.462 e. The first-order valence-corrected chi connectivity index (χ1v) is 28.3. The number of ether oxygens (including phenoxy) is 3. The number of allylic oxidation sites excluding steroid dienone is 10. The Morgan fingerprint density at radius 1 is 0.303 bits per heavy atom. The lowest BCUT2D eigenvalue weighted by atomic mass is 10.1. The number of rotatable bonds is 51.